The lowest BCUT2D eigenvalue weighted by atomic mass is 9.87. The fourth-order valence-corrected chi connectivity index (χ4v) is 5.57. The maximum atomic E-state index is 13.0. The van der Waals surface area contributed by atoms with E-state index < -0.39 is 0 Å². The smallest absolute Gasteiger partial charge is 0.272 e. The highest BCUT2D eigenvalue weighted by Gasteiger charge is 2.26. The molecule has 2 heterocycles. The van der Waals surface area contributed by atoms with Gasteiger partial charge in [0.1, 0.15) is 4.70 Å². The molecular weight excluding hydrogens is 402 g/mol. The molecule has 4 rings (SSSR count). The summed E-state index contributed by atoms with van der Waals surface area (Å²) < 4.78 is 2.23. The number of carbonyl (C=O) groups excluding carboxylic acids is 1. The summed E-state index contributed by atoms with van der Waals surface area (Å²) in [7, 11) is 1.88. The third-order valence-electron chi connectivity index (χ3n) is 5.37. The van der Waals surface area contributed by atoms with Crippen molar-refractivity contribution in [3.05, 3.63) is 69.8 Å². The van der Waals surface area contributed by atoms with Gasteiger partial charge in [0, 0.05) is 13.6 Å². The van der Waals surface area contributed by atoms with Gasteiger partial charge in [0.2, 0.25) is 5.91 Å². The first kappa shape index (κ1) is 19.9. The number of carbonyl (C=O) groups is 1. The number of aromatic nitrogens is 2. The van der Waals surface area contributed by atoms with Crippen molar-refractivity contribution in [2.24, 2.45) is 0 Å². The SMILES string of the molecule is C=CCn1c(SCC(=O)N(C)[C@H]2CCCc3ccccc32)nc2ccsc2c1=O. The zero-order chi connectivity index (χ0) is 20.4. The molecule has 1 aromatic carbocycles. The highest BCUT2D eigenvalue weighted by molar-refractivity contribution is 7.99. The third-order valence-corrected chi connectivity index (χ3v) is 7.22. The average Bonchev–Trinajstić information content (AvgIpc) is 3.22. The molecule has 0 bridgehead atoms. The van der Waals surface area contributed by atoms with Crippen LogP contribution in [-0.4, -0.2) is 33.2 Å². The number of thiophene rings is 1. The summed E-state index contributed by atoms with van der Waals surface area (Å²) in [5.74, 6) is 0.288. The fourth-order valence-electron chi connectivity index (χ4n) is 3.86. The molecule has 0 saturated carbocycles. The number of nitrogens with zero attached hydrogens (tertiary/aromatic N) is 3. The molecule has 3 aromatic rings. The second kappa shape index (κ2) is 8.55. The number of hydrogen-bond donors (Lipinski definition) is 0. The fraction of sp³-hybridized carbons (Fsp3) is 0.318. The van der Waals surface area contributed by atoms with Gasteiger partial charge in [-0.3, -0.25) is 14.2 Å². The van der Waals surface area contributed by atoms with E-state index in [0.717, 1.165) is 19.3 Å². The number of amides is 1. The minimum Gasteiger partial charge on any atom is -0.338 e. The van der Waals surface area contributed by atoms with Crippen molar-refractivity contribution in [2.75, 3.05) is 12.8 Å². The zero-order valence-electron chi connectivity index (χ0n) is 16.3. The number of aryl methyl sites for hydroxylation is 1. The number of rotatable bonds is 6. The molecular formula is C22H23N3O2S2. The van der Waals surface area contributed by atoms with Gasteiger partial charge in [-0.2, -0.15) is 0 Å². The first-order valence-corrected chi connectivity index (χ1v) is 11.5. The summed E-state index contributed by atoms with van der Waals surface area (Å²) in [6, 6.07) is 10.3. The van der Waals surface area contributed by atoms with Crippen molar-refractivity contribution in [3.8, 4) is 0 Å². The first-order valence-electron chi connectivity index (χ1n) is 9.65. The van der Waals surface area contributed by atoms with Crippen molar-refractivity contribution in [1.29, 1.82) is 0 Å². The van der Waals surface area contributed by atoms with E-state index in [-0.39, 0.29) is 23.3 Å². The Labute approximate surface area is 178 Å². The molecule has 29 heavy (non-hydrogen) atoms. The van der Waals surface area contributed by atoms with Crippen molar-refractivity contribution >= 4 is 39.2 Å². The van der Waals surface area contributed by atoms with Crippen LogP contribution < -0.4 is 5.56 Å². The Balaban J connectivity index is 1.54. The summed E-state index contributed by atoms with van der Waals surface area (Å²) in [5.41, 5.74) is 3.20. The number of benzene rings is 1. The van der Waals surface area contributed by atoms with Gasteiger partial charge >= 0.3 is 0 Å². The van der Waals surface area contributed by atoms with Crippen LogP contribution in [0.4, 0.5) is 0 Å². The molecule has 5 nitrogen and oxygen atoms in total. The van der Waals surface area contributed by atoms with Gasteiger partial charge in [-0.1, -0.05) is 42.1 Å². The molecule has 0 spiro atoms. The maximum absolute atomic E-state index is 13.0. The molecule has 2 aromatic heterocycles. The van der Waals surface area contributed by atoms with Crippen LogP contribution in [0.3, 0.4) is 0 Å². The van der Waals surface area contributed by atoms with Gasteiger partial charge < -0.3 is 4.90 Å². The van der Waals surface area contributed by atoms with Gasteiger partial charge in [-0.15, -0.1) is 17.9 Å². The summed E-state index contributed by atoms with van der Waals surface area (Å²) in [6.07, 6.45) is 4.81. The molecule has 0 N–H and O–H groups in total. The predicted molar refractivity (Wildman–Crippen MR) is 120 cm³/mol. The lowest BCUT2D eigenvalue weighted by Gasteiger charge is -2.33. The van der Waals surface area contributed by atoms with Crippen LogP contribution in [0.5, 0.6) is 0 Å². The Morgan fingerprint density at radius 3 is 3.07 bits per heavy atom. The average molecular weight is 426 g/mol. The van der Waals surface area contributed by atoms with Crippen molar-refractivity contribution in [1.82, 2.24) is 14.5 Å². The molecule has 1 aliphatic rings. The minimum atomic E-state index is -0.0746. The summed E-state index contributed by atoms with van der Waals surface area (Å²) in [6.45, 7) is 4.12. The van der Waals surface area contributed by atoms with Crippen molar-refractivity contribution in [2.45, 2.75) is 37.0 Å². The van der Waals surface area contributed by atoms with Gasteiger partial charge in [-0.25, -0.2) is 4.98 Å². The van der Waals surface area contributed by atoms with Gasteiger partial charge in [0.25, 0.3) is 5.56 Å². The van der Waals surface area contributed by atoms with Crippen LogP contribution in [0, 0.1) is 0 Å². The molecule has 0 radical (unpaired) electrons. The van der Waals surface area contributed by atoms with Crippen LogP contribution in [0.25, 0.3) is 10.2 Å². The van der Waals surface area contributed by atoms with E-state index in [0.29, 0.717) is 21.9 Å². The van der Waals surface area contributed by atoms with Crippen LogP contribution in [0.15, 0.2) is 58.3 Å². The van der Waals surface area contributed by atoms with Gasteiger partial charge in [0.15, 0.2) is 5.16 Å². The quantitative estimate of drug-likeness (QED) is 0.336. The Morgan fingerprint density at radius 1 is 1.41 bits per heavy atom. The molecule has 0 saturated heterocycles. The maximum Gasteiger partial charge on any atom is 0.272 e. The van der Waals surface area contributed by atoms with Crippen molar-refractivity contribution in [3.63, 3.8) is 0 Å². The topological polar surface area (TPSA) is 55.2 Å². The molecule has 0 aliphatic heterocycles. The van der Waals surface area contributed by atoms with E-state index in [4.69, 9.17) is 0 Å². The molecule has 7 heteroatoms. The van der Waals surface area contributed by atoms with Crippen LogP contribution in [0.2, 0.25) is 0 Å². The Bertz CT molecular complexity index is 1120. The van der Waals surface area contributed by atoms with E-state index >= 15 is 0 Å². The number of hydrogen-bond acceptors (Lipinski definition) is 5. The second-order valence-electron chi connectivity index (χ2n) is 7.13. The Hall–Kier alpha value is -2.38. The normalized spacial score (nSPS) is 15.8. The van der Waals surface area contributed by atoms with E-state index in [1.54, 1.807) is 10.6 Å². The highest BCUT2D eigenvalue weighted by atomic mass is 32.2. The number of fused-ring (bicyclic) bond motifs is 2. The lowest BCUT2D eigenvalue weighted by molar-refractivity contribution is -0.129. The standard InChI is InChI=1S/C22H23N3O2S2/c1-3-12-25-21(27)20-17(11-13-28-20)23-22(25)29-14-19(26)24(2)18-10-6-8-15-7-4-5-9-16(15)18/h3-5,7,9,11,13,18H,1,6,8,10,12,14H2,2H3/t18-/m0/s1. The Kier molecular flexibility index (Phi) is 5.87. The van der Waals surface area contributed by atoms with E-state index in [1.807, 2.05) is 29.5 Å². The largest absolute Gasteiger partial charge is 0.338 e. The zero-order valence-corrected chi connectivity index (χ0v) is 18.0. The molecule has 0 unspecified atom stereocenters. The van der Waals surface area contributed by atoms with E-state index in [9.17, 15) is 9.59 Å². The van der Waals surface area contributed by atoms with E-state index in [2.05, 4.69) is 29.8 Å². The van der Waals surface area contributed by atoms with Gasteiger partial charge in [0.05, 0.1) is 17.3 Å². The summed E-state index contributed by atoms with van der Waals surface area (Å²) in [5, 5.41) is 2.43. The van der Waals surface area contributed by atoms with Gasteiger partial charge in [-0.05, 0) is 41.8 Å². The molecule has 0 fully saturated rings. The van der Waals surface area contributed by atoms with Crippen LogP contribution in [0.1, 0.15) is 30.0 Å². The number of allylic oxidation sites excluding steroid dienone is 1. The molecule has 1 aliphatic carbocycles. The summed E-state index contributed by atoms with van der Waals surface area (Å²) in [4.78, 5) is 32.2. The highest BCUT2D eigenvalue weighted by Crippen LogP contribution is 2.34. The Morgan fingerprint density at radius 2 is 2.24 bits per heavy atom. The number of thioether (sulfide) groups is 1. The van der Waals surface area contributed by atoms with Crippen LogP contribution >= 0.6 is 23.1 Å². The summed E-state index contributed by atoms with van der Waals surface area (Å²) >= 11 is 2.71. The van der Waals surface area contributed by atoms with E-state index in [1.165, 1.54) is 34.2 Å². The lowest BCUT2D eigenvalue weighted by Crippen LogP contribution is -2.34. The first-order chi connectivity index (χ1) is 14.1. The monoisotopic (exact) mass is 425 g/mol. The van der Waals surface area contributed by atoms with Crippen LogP contribution in [-0.2, 0) is 17.8 Å². The second-order valence-corrected chi connectivity index (χ2v) is 8.99. The minimum absolute atomic E-state index is 0.0431. The third kappa shape index (κ3) is 3.89. The molecule has 1 amide bonds. The molecule has 150 valence electrons. The molecule has 1 atom stereocenters. The predicted octanol–water partition coefficient (Wildman–Crippen LogP) is 4.27. The van der Waals surface area contributed by atoms with Crippen molar-refractivity contribution < 1.29 is 4.79 Å².